The second-order valence-corrected chi connectivity index (χ2v) is 8.34. The predicted octanol–water partition coefficient (Wildman–Crippen LogP) is 4.69. The first-order valence-electron chi connectivity index (χ1n) is 11.2. The lowest BCUT2D eigenvalue weighted by atomic mass is 9.89. The van der Waals surface area contributed by atoms with E-state index in [-0.39, 0.29) is 5.91 Å². The Morgan fingerprint density at radius 3 is 2.38 bits per heavy atom. The largest absolute Gasteiger partial charge is 0.497 e. The van der Waals surface area contributed by atoms with Crippen LogP contribution in [0.3, 0.4) is 0 Å². The van der Waals surface area contributed by atoms with Crippen molar-refractivity contribution in [3.05, 3.63) is 89.7 Å². The number of pyridine rings is 1. The Hall–Kier alpha value is -3.34. The topological polar surface area (TPSA) is 51.7 Å². The molecule has 2 heterocycles. The number of hydrogen-bond acceptors (Lipinski definition) is 4. The number of benzene rings is 2. The Morgan fingerprint density at radius 2 is 1.66 bits per heavy atom. The van der Waals surface area contributed by atoms with Gasteiger partial charge in [0.05, 0.1) is 13.5 Å². The van der Waals surface area contributed by atoms with Crippen LogP contribution in [0.4, 0.5) is 0 Å². The summed E-state index contributed by atoms with van der Waals surface area (Å²) in [5, 5.41) is 0. The molecule has 0 aliphatic carbocycles. The van der Waals surface area contributed by atoms with Gasteiger partial charge in [-0.05, 0) is 66.1 Å². The molecule has 166 valence electrons. The zero-order valence-electron chi connectivity index (χ0n) is 18.6. The highest BCUT2D eigenvalue weighted by molar-refractivity contribution is 5.79. The summed E-state index contributed by atoms with van der Waals surface area (Å²) in [5.41, 5.74) is 3.51. The minimum absolute atomic E-state index is 0.204. The maximum absolute atomic E-state index is 12.7. The first-order valence-corrected chi connectivity index (χ1v) is 11.2. The van der Waals surface area contributed by atoms with Gasteiger partial charge in [0.25, 0.3) is 0 Å². The molecule has 1 fully saturated rings. The van der Waals surface area contributed by atoms with Crippen LogP contribution in [0.5, 0.6) is 11.5 Å². The van der Waals surface area contributed by atoms with Crippen LogP contribution >= 0.6 is 0 Å². The van der Waals surface area contributed by atoms with E-state index in [0.29, 0.717) is 18.9 Å². The van der Waals surface area contributed by atoms with Crippen LogP contribution < -0.4 is 9.47 Å². The summed E-state index contributed by atoms with van der Waals surface area (Å²) in [6.07, 6.45) is 7.06. The molecular formula is C27H30N2O3. The predicted molar refractivity (Wildman–Crippen MR) is 125 cm³/mol. The van der Waals surface area contributed by atoms with Crippen LogP contribution in [0, 0.1) is 5.92 Å². The molecule has 32 heavy (non-hydrogen) atoms. The van der Waals surface area contributed by atoms with Crippen molar-refractivity contribution in [2.24, 2.45) is 5.92 Å². The zero-order valence-corrected chi connectivity index (χ0v) is 18.6. The number of methoxy groups -OCH3 is 1. The second kappa shape index (κ2) is 10.8. The van der Waals surface area contributed by atoms with Crippen molar-refractivity contribution in [3.8, 4) is 11.5 Å². The molecule has 2 aromatic carbocycles. The number of piperidine rings is 1. The third-order valence-corrected chi connectivity index (χ3v) is 6.06. The van der Waals surface area contributed by atoms with E-state index in [4.69, 9.17) is 9.47 Å². The van der Waals surface area contributed by atoms with Crippen LogP contribution in [0.1, 0.15) is 29.5 Å². The molecule has 5 heteroatoms. The number of aromatic nitrogens is 1. The number of amides is 1. The summed E-state index contributed by atoms with van der Waals surface area (Å²) in [5.74, 6) is 2.45. The van der Waals surface area contributed by atoms with Crippen molar-refractivity contribution in [1.82, 2.24) is 9.88 Å². The van der Waals surface area contributed by atoms with Crippen LogP contribution in [0.15, 0.2) is 73.1 Å². The van der Waals surface area contributed by atoms with Crippen molar-refractivity contribution in [2.75, 3.05) is 20.2 Å². The van der Waals surface area contributed by atoms with Gasteiger partial charge in [0.1, 0.15) is 18.1 Å². The fraction of sp³-hybridized carbons (Fsp3) is 0.333. The van der Waals surface area contributed by atoms with Crippen molar-refractivity contribution in [2.45, 2.75) is 32.3 Å². The Balaban J connectivity index is 1.21. The molecule has 5 nitrogen and oxygen atoms in total. The summed E-state index contributed by atoms with van der Waals surface area (Å²) in [6, 6.07) is 20.2. The van der Waals surface area contributed by atoms with E-state index in [1.807, 2.05) is 41.3 Å². The number of rotatable bonds is 8. The van der Waals surface area contributed by atoms with Gasteiger partial charge in [-0.1, -0.05) is 36.4 Å². The number of hydrogen-bond donors (Lipinski definition) is 0. The molecule has 3 aromatic rings. The lowest BCUT2D eigenvalue weighted by molar-refractivity contribution is -0.131. The molecule has 0 N–H and O–H groups in total. The molecule has 0 unspecified atom stereocenters. The molecule has 0 saturated carbocycles. The van der Waals surface area contributed by atoms with Gasteiger partial charge in [-0.2, -0.15) is 0 Å². The van der Waals surface area contributed by atoms with Gasteiger partial charge in [-0.15, -0.1) is 0 Å². The molecule has 0 radical (unpaired) electrons. The van der Waals surface area contributed by atoms with Gasteiger partial charge < -0.3 is 14.4 Å². The molecule has 0 spiro atoms. The molecule has 1 amide bonds. The SMILES string of the molecule is COc1cccc(CC(=O)N2CCC(Cc3ccc(COc4ccncc4)cc3)CC2)c1. The van der Waals surface area contributed by atoms with Gasteiger partial charge in [0.2, 0.25) is 5.91 Å². The van der Waals surface area contributed by atoms with Crippen molar-refractivity contribution in [1.29, 1.82) is 0 Å². The molecule has 1 aliphatic rings. The highest BCUT2D eigenvalue weighted by Gasteiger charge is 2.23. The van der Waals surface area contributed by atoms with Crippen LogP contribution in [0.25, 0.3) is 0 Å². The average molecular weight is 431 g/mol. The van der Waals surface area contributed by atoms with E-state index in [1.54, 1.807) is 19.5 Å². The minimum atomic E-state index is 0.204. The highest BCUT2D eigenvalue weighted by Crippen LogP contribution is 2.23. The average Bonchev–Trinajstić information content (AvgIpc) is 2.85. The van der Waals surface area contributed by atoms with Crippen molar-refractivity contribution in [3.63, 3.8) is 0 Å². The quantitative estimate of drug-likeness (QED) is 0.520. The molecule has 1 aliphatic heterocycles. The number of ether oxygens (including phenoxy) is 2. The fourth-order valence-corrected chi connectivity index (χ4v) is 4.16. The van der Waals surface area contributed by atoms with Crippen LogP contribution in [0.2, 0.25) is 0 Å². The van der Waals surface area contributed by atoms with E-state index in [1.165, 1.54) is 5.56 Å². The third-order valence-electron chi connectivity index (χ3n) is 6.06. The molecule has 0 bridgehead atoms. The number of nitrogens with zero attached hydrogens (tertiary/aromatic N) is 2. The zero-order chi connectivity index (χ0) is 22.2. The molecule has 1 saturated heterocycles. The van der Waals surface area contributed by atoms with E-state index in [2.05, 4.69) is 29.2 Å². The minimum Gasteiger partial charge on any atom is -0.497 e. The maximum Gasteiger partial charge on any atom is 0.226 e. The molecular weight excluding hydrogens is 400 g/mol. The van der Waals surface area contributed by atoms with Gasteiger partial charge >= 0.3 is 0 Å². The Kier molecular flexibility index (Phi) is 7.38. The normalized spacial score (nSPS) is 14.2. The van der Waals surface area contributed by atoms with Crippen LogP contribution in [-0.2, 0) is 24.2 Å². The standard InChI is InChI=1S/C27H30N2O3/c1-31-26-4-2-3-24(18-26)19-27(30)29-15-11-22(12-16-29)17-21-5-7-23(8-6-21)20-32-25-9-13-28-14-10-25/h2-10,13-14,18,22H,11-12,15-17,19-20H2,1H3. The van der Waals surface area contributed by atoms with E-state index < -0.39 is 0 Å². The lowest BCUT2D eigenvalue weighted by Gasteiger charge is -2.32. The first kappa shape index (κ1) is 21.9. The van der Waals surface area contributed by atoms with Crippen molar-refractivity contribution < 1.29 is 14.3 Å². The van der Waals surface area contributed by atoms with Crippen molar-refractivity contribution >= 4 is 5.91 Å². The molecule has 0 atom stereocenters. The second-order valence-electron chi connectivity index (χ2n) is 8.34. The van der Waals surface area contributed by atoms with E-state index in [9.17, 15) is 4.79 Å². The number of carbonyl (C=O) groups is 1. The van der Waals surface area contributed by atoms with Gasteiger partial charge in [-0.3, -0.25) is 9.78 Å². The van der Waals surface area contributed by atoms with Gasteiger partial charge in [-0.25, -0.2) is 0 Å². The smallest absolute Gasteiger partial charge is 0.226 e. The lowest BCUT2D eigenvalue weighted by Crippen LogP contribution is -2.39. The maximum atomic E-state index is 12.7. The third kappa shape index (κ3) is 6.10. The monoisotopic (exact) mass is 430 g/mol. The highest BCUT2D eigenvalue weighted by atomic mass is 16.5. The Labute approximate surface area is 190 Å². The van der Waals surface area contributed by atoms with Gasteiger partial charge in [0.15, 0.2) is 0 Å². The fourth-order valence-electron chi connectivity index (χ4n) is 4.16. The summed E-state index contributed by atoms with van der Waals surface area (Å²) < 4.78 is 11.0. The molecule has 1 aromatic heterocycles. The van der Waals surface area contributed by atoms with Gasteiger partial charge in [0, 0.05) is 25.5 Å². The number of likely N-dealkylation sites (tertiary alicyclic amines) is 1. The van der Waals surface area contributed by atoms with E-state index in [0.717, 1.165) is 55.0 Å². The summed E-state index contributed by atoms with van der Waals surface area (Å²) in [6.45, 7) is 2.23. The Bertz CT molecular complexity index is 997. The summed E-state index contributed by atoms with van der Waals surface area (Å²) >= 11 is 0. The molecule has 4 rings (SSSR count). The summed E-state index contributed by atoms with van der Waals surface area (Å²) in [7, 11) is 1.65. The first-order chi connectivity index (χ1) is 15.7. The van der Waals surface area contributed by atoms with E-state index >= 15 is 0 Å². The Morgan fingerprint density at radius 1 is 0.938 bits per heavy atom. The summed E-state index contributed by atoms with van der Waals surface area (Å²) in [4.78, 5) is 18.7. The van der Waals surface area contributed by atoms with Crippen LogP contribution in [-0.4, -0.2) is 36.0 Å². The number of carbonyl (C=O) groups excluding carboxylic acids is 1.